The van der Waals surface area contributed by atoms with Crippen molar-refractivity contribution >= 4 is 57.2 Å². The van der Waals surface area contributed by atoms with E-state index >= 15 is 0 Å². The normalized spacial score (nSPS) is 15.4. The van der Waals surface area contributed by atoms with Gasteiger partial charge in [0.25, 0.3) is 6.71 Å². The van der Waals surface area contributed by atoms with Crippen LogP contribution in [0, 0.1) is 0 Å². The third-order valence-corrected chi connectivity index (χ3v) is 13.2. The quantitative estimate of drug-likeness (QED) is 0.165. The molecular formula is C52H35BN2O2. The molecule has 0 radical (unpaired) electrons. The van der Waals surface area contributed by atoms with Crippen LogP contribution < -0.4 is 35.7 Å². The molecule has 0 bridgehead atoms. The van der Waals surface area contributed by atoms with Gasteiger partial charge in [0.05, 0.1) is 22.7 Å². The number of rotatable bonds is 2. The van der Waals surface area contributed by atoms with Gasteiger partial charge in [-0.05, 0) is 104 Å². The van der Waals surface area contributed by atoms with Crippen LogP contribution in [-0.4, -0.2) is 6.71 Å². The second-order valence-corrected chi connectivity index (χ2v) is 16.4. The maximum Gasteiger partial charge on any atom is 0.252 e. The monoisotopic (exact) mass is 730 g/mol. The van der Waals surface area contributed by atoms with E-state index in [9.17, 15) is 0 Å². The molecule has 13 rings (SSSR count). The third kappa shape index (κ3) is 4.08. The molecule has 5 heteroatoms. The van der Waals surface area contributed by atoms with Crippen molar-refractivity contribution in [3.63, 3.8) is 0 Å². The maximum absolute atomic E-state index is 6.66. The first-order valence-electron chi connectivity index (χ1n) is 19.9. The molecule has 0 amide bonds. The number of fused-ring (bicyclic) bond motifs is 10. The van der Waals surface area contributed by atoms with Crippen molar-refractivity contribution in [2.45, 2.75) is 25.2 Å². The molecule has 0 atom stereocenters. The molecule has 0 saturated heterocycles. The van der Waals surface area contributed by atoms with Crippen molar-refractivity contribution in [3.05, 3.63) is 198 Å². The van der Waals surface area contributed by atoms with Gasteiger partial charge in [-0.25, -0.2) is 0 Å². The Balaban J connectivity index is 1.05. The molecule has 4 aliphatic heterocycles. The largest absolute Gasteiger partial charge is 0.453 e. The van der Waals surface area contributed by atoms with Gasteiger partial charge in [-0.15, -0.1) is 0 Å². The molecular weight excluding hydrogens is 695 g/mol. The molecule has 57 heavy (non-hydrogen) atoms. The lowest BCUT2D eigenvalue weighted by Gasteiger charge is -2.47. The van der Waals surface area contributed by atoms with E-state index in [0.717, 1.165) is 51.3 Å². The first-order valence-corrected chi connectivity index (χ1v) is 19.9. The molecule has 0 fully saturated rings. The van der Waals surface area contributed by atoms with Crippen molar-refractivity contribution < 1.29 is 9.47 Å². The lowest BCUT2D eigenvalue weighted by atomic mass is 9.33. The summed E-state index contributed by atoms with van der Waals surface area (Å²) >= 11 is 0. The molecule has 0 N–H and O–H groups in total. The van der Waals surface area contributed by atoms with Crippen molar-refractivity contribution in [1.82, 2.24) is 0 Å². The first-order chi connectivity index (χ1) is 28.0. The van der Waals surface area contributed by atoms with Crippen LogP contribution in [0.15, 0.2) is 170 Å². The van der Waals surface area contributed by atoms with Crippen LogP contribution in [0.2, 0.25) is 0 Å². The highest BCUT2D eigenvalue weighted by Gasteiger charge is 2.48. The minimum atomic E-state index is -0.0702. The number of hydrogen-bond donors (Lipinski definition) is 0. The summed E-state index contributed by atoms with van der Waals surface area (Å²) in [5.74, 6) is 3.62. The van der Waals surface area contributed by atoms with E-state index in [1.54, 1.807) is 0 Å². The summed E-state index contributed by atoms with van der Waals surface area (Å²) in [6, 6.07) is 62.1. The van der Waals surface area contributed by atoms with Gasteiger partial charge < -0.3 is 19.3 Å². The van der Waals surface area contributed by atoms with Gasteiger partial charge in [-0.3, -0.25) is 0 Å². The molecule has 0 unspecified atom stereocenters. The number of hydrogen-bond acceptors (Lipinski definition) is 4. The van der Waals surface area contributed by atoms with E-state index in [2.05, 4.69) is 194 Å². The van der Waals surface area contributed by atoms with Crippen LogP contribution in [0.25, 0.3) is 11.1 Å². The van der Waals surface area contributed by atoms with Crippen molar-refractivity contribution in [2.24, 2.45) is 0 Å². The SMILES string of the molecule is CC1(C)c2ccccc2C(c2ccc(-c3cc4c5c(c3)N3c6ccccc6Oc6cccc(c63)B5c3cccc5c3N4c3ccccc3O5)cc2)c2ccccc21. The smallest absolute Gasteiger partial charge is 0.252 e. The van der Waals surface area contributed by atoms with E-state index in [-0.39, 0.29) is 18.0 Å². The van der Waals surface area contributed by atoms with Crippen molar-refractivity contribution in [3.8, 4) is 34.1 Å². The Morgan fingerprint density at radius 3 is 1.47 bits per heavy atom. The Hall–Kier alpha value is -6.98. The first kappa shape index (κ1) is 31.3. The Morgan fingerprint density at radius 1 is 0.456 bits per heavy atom. The lowest BCUT2D eigenvalue weighted by Crippen LogP contribution is -2.61. The van der Waals surface area contributed by atoms with Gasteiger partial charge in [0, 0.05) is 22.7 Å². The van der Waals surface area contributed by atoms with Gasteiger partial charge in [-0.1, -0.05) is 135 Å². The highest BCUT2D eigenvalue weighted by Crippen LogP contribution is 2.57. The summed E-state index contributed by atoms with van der Waals surface area (Å²) in [6.45, 7) is 4.71. The Kier molecular flexibility index (Phi) is 6.07. The third-order valence-electron chi connectivity index (χ3n) is 13.2. The van der Waals surface area contributed by atoms with Crippen LogP contribution in [0.4, 0.5) is 34.1 Å². The Morgan fingerprint density at radius 2 is 0.930 bits per heavy atom. The van der Waals surface area contributed by atoms with Gasteiger partial charge >= 0.3 is 0 Å². The summed E-state index contributed by atoms with van der Waals surface area (Å²) in [4.78, 5) is 4.91. The highest BCUT2D eigenvalue weighted by atomic mass is 16.5. The summed E-state index contributed by atoms with van der Waals surface area (Å²) in [5.41, 5.74) is 19.5. The summed E-state index contributed by atoms with van der Waals surface area (Å²) < 4.78 is 13.3. The van der Waals surface area contributed by atoms with Gasteiger partial charge in [0.1, 0.15) is 0 Å². The minimum absolute atomic E-state index is 0.0118. The van der Waals surface area contributed by atoms with Crippen LogP contribution >= 0.6 is 0 Å². The predicted octanol–water partition coefficient (Wildman–Crippen LogP) is 11.5. The highest BCUT2D eigenvalue weighted by molar-refractivity contribution is 7.00. The number of nitrogens with zero attached hydrogens (tertiary/aromatic N) is 2. The second kappa shape index (κ2) is 11.1. The Bertz CT molecular complexity index is 2870. The molecule has 5 aliphatic rings. The average Bonchev–Trinajstić information content (AvgIpc) is 3.25. The van der Waals surface area contributed by atoms with Crippen LogP contribution in [-0.2, 0) is 5.41 Å². The molecule has 268 valence electrons. The zero-order chi connectivity index (χ0) is 37.6. The van der Waals surface area contributed by atoms with E-state index in [4.69, 9.17) is 9.47 Å². The van der Waals surface area contributed by atoms with Crippen LogP contribution in [0.5, 0.6) is 23.0 Å². The van der Waals surface area contributed by atoms with Crippen LogP contribution in [0.3, 0.4) is 0 Å². The standard InChI is InChI=1S/C52H35BN2O2/c1-52(2)36-15-5-3-13-34(36)48(35-14-4-6-16-37(35)52)32-27-25-31(26-28-32)33-29-42-49-43(30-33)55-41-20-8-10-22-45(41)57-47-24-12-18-39(51(47)55)53(49)38-17-11-23-46-50(38)54(42)40-19-7-9-21-44(40)56-46/h3-30,48H,1-2H3. The predicted molar refractivity (Wildman–Crippen MR) is 232 cm³/mol. The molecule has 4 nitrogen and oxygen atoms in total. The van der Waals surface area contributed by atoms with Gasteiger partial charge in [0.2, 0.25) is 0 Å². The topological polar surface area (TPSA) is 24.9 Å². The second-order valence-electron chi connectivity index (χ2n) is 16.4. The number of benzene rings is 8. The zero-order valence-electron chi connectivity index (χ0n) is 31.5. The Labute approximate surface area is 332 Å². The van der Waals surface area contributed by atoms with Gasteiger partial charge in [-0.2, -0.15) is 0 Å². The summed E-state index contributed by atoms with van der Waals surface area (Å²) in [6.07, 6.45) is 0. The van der Waals surface area contributed by atoms with Gasteiger partial charge in [0.15, 0.2) is 23.0 Å². The zero-order valence-corrected chi connectivity index (χ0v) is 31.5. The molecule has 0 saturated carbocycles. The van der Waals surface area contributed by atoms with E-state index in [1.807, 2.05) is 0 Å². The van der Waals surface area contributed by atoms with Crippen molar-refractivity contribution in [2.75, 3.05) is 9.80 Å². The summed E-state index contributed by atoms with van der Waals surface area (Å²) in [7, 11) is 0. The molecule has 4 heterocycles. The maximum atomic E-state index is 6.66. The van der Waals surface area contributed by atoms with E-state index in [1.165, 1.54) is 61.1 Å². The molecule has 8 aromatic rings. The fourth-order valence-corrected chi connectivity index (χ4v) is 10.7. The van der Waals surface area contributed by atoms with E-state index in [0.29, 0.717) is 0 Å². The minimum Gasteiger partial charge on any atom is -0.453 e. The fourth-order valence-electron chi connectivity index (χ4n) is 10.7. The fraction of sp³-hybridized carbons (Fsp3) is 0.0769. The van der Waals surface area contributed by atoms with Crippen LogP contribution in [0.1, 0.15) is 47.6 Å². The van der Waals surface area contributed by atoms with Crippen molar-refractivity contribution in [1.29, 1.82) is 0 Å². The molecule has 0 aromatic heterocycles. The van der Waals surface area contributed by atoms with E-state index < -0.39 is 0 Å². The number of ether oxygens (including phenoxy) is 2. The average molecular weight is 731 g/mol. The molecule has 0 spiro atoms. The molecule has 8 aromatic carbocycles. The molecule has 1 aliphatic carbocycles. The number of para-hydroxylation sites is 6. The summed E-state index contributed by atoms with van der Waals surface area (Å²) in [5, 5.41) is 0. The number of anilines is 6. The lowest BCUT2D eigenvalue weighted by molar-refractivity contribution is 0.477.